The van der Waals surface area contributed by atoms with Gasteiger partial charge in [-0.05, 0) is 55.3 Å². The number of aryl methyl sites for hydroxylation is 1. The van der Waals surface area contributed by atoms with E-state index in [0.29, 0.717) is 6.61 Å². The van der Waals surface area contributed by atoms with Crippen LogP contribution in [0.15, 0.2) is 35.1 Å². The maximum atomic E-state index is 11.7. The van der Waals surface area contributed by atoms with Crippen molar-refractivity contribution in [3.63, 3.8) is 0 Å². The van der Waals surface area contributed by atoms with Crippen LogP contribution in [0.1, 0.15) is 18.1 Å². The molecule has 4 heteroatoms. The number of aromatic nitrogens is 1. The molecule has 1 aromatic carbocycles. The molecule has 0 atom stereocenters. The van der Waals surface area contributed by atoms with Crippen molar-refractivity contribution in [1.29, 1.82) is 5.26 Å². The van der Waals surface area contributed by atoms with Crippen LogP contribution in [0.3, 0.4) is 0 Å². The topological polar surface area (TPSA) is 65.9 Å². The largest absolute Gasteiger partial charge is 0.494 e. The summed E-state index contributed by atoms with van der Waals surface area (Å²) in [6, 6.07) is 11.0. The van der Waals surface area contributed by atoms with Gasteiger partial charge < -0.3 is 9.72 Å². The molecule has 0 fully saturated rings. The number of ether oxygens (including phenoxy) is 1. The third-order valence-electron chi connectivity index (χ3n) is 2.81. The van der Waals surface area contributed by atoms with Gasteiger partial charge in [-0.25, -0.2) is 0 Å². The Morgan fingerprint density at radius 1 is 1.32 bits per heavy atom. The minimum Gasteiger partial charge on any atom is -0.494 e. The first-order valence-corrected chi connectivity index (χ1v) is 6.03. The maximum Gasteiger partial charge on any atom is 0.266 e. The lowest BCUT2D eigenvalue weighted by Gasteiger charge is -2.08. The number of nitrogens with one attached hydrogen (secondary N) is 1. The van der Waals surface area contributed by atoms with Crippen LogP contribution in [0, 0.1) is 18.3 Å². The van der Waals surface area contributed by atoms with Crippen LogP contribution in [0.5, 0.6) is 5.75 Å². The van der Waals surface area contributed by atoms with Crippen molar-refractivity contribution in [3.05, 3.63) is 51.8 Å². The van der Waals surface area contributed by atoms with Gasteiger partial charge >= 0.3 is 0 Å². The second-order valence-electron chi connectivity index (χ2n) is 4.14. The molecule has 0 bridgehead atoms. The number of hydrogen-bond donors (Lipinski definition) is 1. The van der Waals surface area contributed by atoms with Crippen LogP contribution in [0.4, 0.5) is 0 Å². The Hall–Kier alpha value is -2.54. The Balaban J connectivity index is 2.45. The highest BCUT2D eigenvalue weighted by Gasteiger charge is 2.07. The first kappa shape index (κ1) is 12.9. The Morgan fingerprint density at radius 2 is 2.00 bits per heavy atom. The predicted octanol–water partition coefficient (Wildman–Crippen LogP) is 2.62. The fraction of sp³-hybridized carbons (Fsp3) is 0.200. The number of rotatable bonds is 3. The second kappa shape index (κ2) is 5.40. The van der Waals surface area contributed by atoms with Gasteiger partial charge in [-0.3, -0.25) is 4.79 Å². The second-order valence-corrected chi connectivity index (χ2v) is 4.14. The summed E-state index contributed by atoms with van der Waals surface area (Å²) in [5, 5.41) is 8.81. The molecule has 0 aliphatic heterocycles. The fourth-order valence-electron chi connectivity index (χ4n) is 1.90. The van der Waals surface area contributed by atoms with Gasteiger partial charge in [-0.1, -0.05) is 0 Å². The molecule has 0 radical (unpaired) electrons. The van der Waals surface area contributed by atoms with Gasteiger partial charge in [0.15, 0.2) is 0 Å². The van der Waals surface area contributed by atoms with E-state index in [0.717, 1.165) is 22.6 Å². The summed E-state index contributed by atoms with van der Waals surface area (Å²) < 4.78 is 5.37. The van der Waals surface area contributed by atoms with E-state index in [1.165, 1.54) is 0 Å². The molecule has 19 heavy (non-hydrogen) atoms. The van der Waals surface area contributed by atoms with Gasteiger partial charge in [0.25, 0.3) is 5.56 Å². The van der Waals surface area contributed by atoms with E-state index in [4.69, 9.17) is 10.00 Å². The fourth-order valence-corrected chi connectivity index (χ4v) is 1.90. The van der Waals surface area contributed by atoms with Crippen molar-refractivity contribution in [2.24, 2.45) is 0 Å². The molecule has 4 nitrogen and oxygen atoms in total. The van der Waals surface area contributed by atoms with Crippen LogP contribution in [-0.2, 0) is 0 Å². The Labute approximate surface area is 111 Å². The molecule has 0 saturated carbocycles. The summed E-state index contributed by atoms with van der Waals surface area (Å²) in [7, 11) is 0. The number of H-pyrrole nitrogens is 1. The van der Waals surface area contributed by atoms with Gasteiger partial charge in [-0.15, -0.1) is 0 Å². The molecular formula is C15H14N2O2. The van der Waals surface area contributed by atoms with E-state index in [2.05, 4.69) is 4.98 Å². The minimum absolute atomic E-state index is 0.132. The monoisotopic (exact) mass is 254 g/mol. The number of pyridine rings is 1. The van der Waals surface area contributed by atoms with Gasteiger partial charge in [0.2, 0.25) is 0 Å². The molecular weight excluding hydrogens is 240 g/mol. The number of nitrogens with zero attached hydrogens (tertiary/aromatic N) is 1. The standard InChI is InChI=1S/C15H14N2O2/c1-3-19-13-6-4-11(5-7-13)14-10(2)8-12(9-16)15(18)17-14/h4-8H,3H2,1-2H3,(H,17,18). The highest BCUT2D eigenvalue weighted by Crippen LogP contribution is 2.23. The SMILES string of the molecule is CCOc1ccc(-c2[nH]c(=O)c(C#N)cc2C)cc1. The quantitative estimate of drug-likeness (QED) is 0.915. The van der Waals surface area contributed by atoms with Crippen molar-refractivity contribution in [1.82, 2.24) is 4.98 Å². The van der Waals surface area contributed by atoms with E-state index >= 15 is 0 Å². The van der Waals surface area contributed by atoms with Gasteiger partial charge in [-0.2, -0.15) is 5.26 Å². The summed E-state index contributed by atoms with van der Waals surface area (Å²) in [4.78, 5) is 14.4. The lowest BCUT2D eigenvalue weighted by molar-refractivity contribution is 0.340. The average molecular weight is 254 g/mol. The predicted molar refractivity (Wildman–Crippen MR) is 73.1 cm³/mol. The molecule has 2 aromatic rings. The van der Waals surface area contributed by atoms with Gasteiger partial charge in [0, 0.05) is 0 Å². The minimum atomic E-state index is -0.364. The third-order valence-corrected chi connectivity index (χ3v) is 2.81. The highest BCUT2D eigenvalue weighted by atomic mass is 16.5. The van der Waals surface area contributed by atoms with Crippen LogP contribution in [-0.4, -0.2) is 11.6 Å². The molecule has 96 valence electrons. The summed E-state index contributed by atoms with van der Waals surface area (Å²) in [5.74, 6) is 0.792. The normalized spacial score (nSPS) is 9.95. The average Bonchev–Trinajstić information content (AvgIpc) is 2.42. The summed E-state index contributed by atoms with van der Waals surface area (Å²) in [6.07, 6.45) is 0. The van der Waals surface area contributed by atoms with Crippen LogP contribution in [0.25, 0.3) is 11.3 Å². The summed E-state index contributed by atoms with van der Waals surface area (Å²) in [5.41, 5.74) is 2.25. The lowest BCUT2D eigenvalue weighted by Crippen LogP contribution is -2.11. The molecule has 2 rings (SSSR count). The first-order valence-electron chi connectivity index (χ1n) is 6.03. The van der Waals surface area contributed by atoms with Crippen LogP contribution < -0.4 is 10.3 Å². The van der Waals surface area contributed by atoms with Crippen molar-refractivity contribution in [2.45, 2.75) is 13.8 Å². The molecule has 0 saturated heterocycles. The molecule has 0 aliphatic carbocycles. The molecule has 1 heterocycles. The Morgan fingerprint density at radius 3 is 2.58 bits per heavy atom. The molecule has 0 unspecified atom stereocenters. The van der Waals surface area contributed by atoms with Gasteiger partial charge in [0.05, 0.1) is 12.3 Å². The zero-order chi connectivity index (χ0) is 13.8. The smallest absolute Gasteiger partial charge is 0.266 e. The van der Waals surface area contributed by atoms with Crippen molar-refractivity contribution < 1.29 is 4.74 Å². The van der Waals surface area contributed by atoms with Crippen molar-refractivity contribution >= 4 is 0 Å². The summed E-state index contributed by atoms with van der Waals surface area (Å²) in [6.45, 7) is 4.41. The number of aromatic amines is 1. The molecule has 0 aliphatic rings. The summed E-state index contributed by atoms with van der Waals surface area (Å²) >= 11 is 0. The van der Waals surface area contributed by atoms with E-state index in [1.54, 1.807) is 6.07 Å². The number of hydrogen-bond acceptors (Lipinski definition) is 3. The Kier molecular flexibility index (Phi) is 3.67. The Bertz CT molecular complexity index is 679. The van der Waals surface area contributed by atoms with E-state index in [9.17, 15) is 4.79 Å². The zero-order valence-electron chi connectivity index (χ0n) is 10.9. The highest BCUT2D eigenvalue weighted by molar-refractivity contribution is 5.64. The van der Waals surface area contributed by atoms with E-state index in [1.807, 2.05) is 44.2 Å². The maximum absolute atomic E-state index is 11.7. The van der Waals surface area contributed by atoms with Gasteiger partial charge in [0.1, 0.15) is 17.4 Å². The van der Waals surface area contributed by atoms with Crippen molar-refractivity contribution in [3.8, 4) is 23.1 Å². The van der Waals surface area contributed by atoms with Crippen LogP contribution >= 0.6 is 0 Å². The lowest BCUT2D eigenvalue weighted by atomic mass is 10.1. The molecule has 0 spiro atoms. The van der Waals surface area contributed by atoms with E-state index in [-0.39, 0.29) is 11.1 Å². The third kappa shape index (κ3) is 2.66. The van der Waals surface area contributed by atoms with E-state index < -0.39 is 0 Å². The van der Waals surface area contributed by atoms with Crippen molar-refractivity contribution in [2.75, 3.05) is 6.61 Å². The number of benzene rings is 1. The number of nitriles is 1. The zero-order valence-corrected chi connectivity index (χ0v) is 10.9. The first-order chi connectivity index (χ1) is 9.15. The van der Waals surface area contributed by atoms with Crippen LogP contribution in [0.2, 0.25) is 0 Å². The molecule has 0 amide bonds. The molecule has 1 aromatic heterocycles. The molecule has 1 N–H and O–H groups in total.